The fourth-order valence-corrected chi connectivity index (χ4v) is 6.23. The number of carbonyl (C=O) groups excluding carboxylic acids is 1. The number of sulfonamides is 1. The largest absolute Gasteiger partial charge is 0.427 e. The third-order valence-corrected chi connectivity index (χ3v) is 8.90. The number of pyridine rings is 1. The molecular weight excluding hydrogens is 644 g/mol. The summed E-state index contributed by atoms with van der Waals surface area (Å²) >= 11 is 12.9. The number of amides is 1. The number of anilines is 2. The minimum absolute atomic E-state index is 0.000175. The summed E-state index contributed by atoms with van der Waals surface area (Å²) in [6.45, 7) is -0.197. The van der Waals surface area contributed by atoms with Gasteiger partial charge in [0.2, 0.25) is 5.91 Å². The molecule has 1 amide bonds. The molecular formula is C30H28Cl2FN7O4S. The summed E-state index contributed by atoms with van der Waals surface area (Å²) in [5.74, 6) is -1.56. The lowest BCUT2D eigenvalue weighted by atomic mass is 10.0. The number of amidine groups is 1. The number of nitrogens with one attached hydrogen (secondary N) is 3. The van der Waals surface area contributed by atoms with Crippen LogP contribution in [0.25, 0.3) is 11.1 Å². The lowest BCUT2D eigenvalue weighted by molar-refractivity contribution is -0.120. The molecule has 1 aliphatic carbocycles. The van der Waals surface area contributed by atoms with E-state index in [0.29, 0.717) is 0 Å². The molecule has 0 aliphatic heterocycles. The molecule has 1 heterocycles. The van der Waals surface area contributed by atoms with Crippen molar-refractivity contribution in [2.24, 2.45) is 10.7 Å². The van der Waals surface area contributed by atoms with Crippen molar-refractivity contribution in [2.45, 2.75) is 36.7 Å². The summed E-state index contributed by atoms with van der Waals surface area (Å²) in [4.78, 5) is 17.4. The molecule has 0 atom stereocenters. The normalized spacial score (nSPS) is 13.4. The molecule has 234 valence electrons. The Kier molecular flexibility index (Phi) is 9.05. The van der Waals surface area contributed by atoms with Crippen LogP contribution in [-0.2, 0) is 27.8 Å². The number of nitrogens with zero attached hydrogens (tertiary/aromatic N) is 2. The maximum Gasteiger partial charge on any atom is 0.262 e. The second kappa shape index (κ2) is 12.8. The van der Waals surface area contributed by atoms with Gasteiger partial charge < -0.3 is 22.0 Å². The van der Waals surface area contributed by atoms with E-state index in [9.17, 15) is 22.8 Å². The van der Waals surface area contributed by atoms with Crippen LogP contribution < -0.4 is 27.0 Å². The molecule has 0 spiro atoms. The van der Waals surface area contributed by atoms with Crippen molar-refractivity contribution in [2.75, 3.05) is 10.5 Å². The third-order valence-electron chi connectivity index (χ3n) is 6.93. The maximum atomic E-state index is 14.6. The van der Waals surface area contributed by atoms with Crippen molar-refractivity contribution in [1.82, 2.24) is 10.0 Å². The van der Waals surface area contributed by atoms with E-state index in [1.807, 2.05) is 0 Å². The molecule has 5 rings (SSSR count). The number of rotatable bonds is 10. The van der Waals surface area contributed by atoms with Gasteiger partial charge in [-0.05, 0) is 54.8 Å². The second-order valence-electron chi connectivity index (χ2n) is 10.4. The molecule has 0 radical (unpaired) electrons. The number of benzene rings is 3. The van der Waals surface area contributed by atoms with Crippen LogP contribution in [0.15, 0.2) is 76.6 Å². The predicted octanol–water partition coefficient (Wildman–Crippen LogP) is 4.43. The number of nitrogen functional groups attached to an aromatic ring is 2. The zero-order chi connectivity index (χ0) is 32.5. The number of hydrogen-bond acceptors (Lipinski definition) is 7. The lowest BCUT2D eigenvalue weighted by Gasteiger charge is -2.18. The Labute approximate surface area is 267 Å². The highest BCUT2D eigenvalue weighted by atomic mass is 35.5. The van der Waals surface area contributed by atoms with E-state index in [1.54, 1.807) is 12.1 Å². The number of nitrogens with two attached hydrogens (primary N) is 2. The van der Waals surface area contributed by atoms with E-state index in [-0.39, 0.29) is 78.2 Å². The van der Waals surface area contributed by atoms with Crippen LogP contribution >= 0.6 is 23.2 Å². The Hall–Kier alpha value is -4.59. The zero-order valence-electron chi connectivity index (χ0n) is 23.5. The maximum absolute atomic E-state index is 14.6. The minimum Gasteiger partial charge on any atom is -0.427 e. The van der Waals surface area contributed by atoms with Crippen LogP contribution in [0, 0.1) is 11.2 Å². The molecule has 1 saturated carbocycles. The summed E-state index contributed by atoms with van der Waals surface area (Å²) in [5.41, 5.74) is 12.6. The molecule has 15 heteroatoms. The quantitative estimate of drug-likeness (QED) is 0.0626. The van der Waals surface area contributed by atoms with Gasteiger partial charge in [0.25, 0.3) is 10.0 Å². The third kappa shape index (κ3) is 7.39. The highest BCUT2D eigenvalue weighted by molar-refractivity contribution is 7.92. The molecule has 1 aromatic heterocycles. The molecule has 4 aromatic rings. The number of carbonyl (C=O) groups is 1. The first-order valence-electron chi connectivity index (χ1n) is 13.6. The minimum atomic E-state index is -4.20. The van der Waals surface area contributed by atoms with Crippen LogP contribution in [0.4, 0.5) is 15.8 Å². The molecule has 0 unspecified atom stereocenters. The van der Waals surface area contributed by atoms with Crippen LogP contribution in [0.5, 0.6) is 0 Å². The van der Waals surface area contributed by atoms with Crippen molar-refractivity contribution >= 4 is 56.3 Å². The van der Waals surface area contributed by atoms with Crippen molar-refractivity contribution in [3.05, 3.63) is 105 Å². The SMILES string of the molecule is N=C(N)c1ccc(CNC(=O)Cc2c(-c3cc(N)cc(S(=O)(=O)Nc4ccccc4Cl)c3)c(Cl)cc(=NC3CC3)n2O)c(F)c1. The van der Waals surface area contributed by atoms with Gasteiger partial charge in [-0.1, -0.05) is 47.5 Å². The summed E-state index contributed by atoms with van der Waals surface area (Å²) in [6.07, 6.45) is 1.22. The van der Waals surface area contributed by atoms with E-state index in [2.05, 4.69) is 15.0 Å². The molecule has 11 nitrogen and oxygen atoms in total. The molecule has 1 fully saturated rings. The molecule has 8 N–H and O–H groups in total. The number of halogens is 3. The van der Waals surface area contributed by atoms with E-state index >= 15 is 0 Å². The predicted molar refractivity (Wildman–Crippen MR) is 170 cm³/mol. The fourth-order valence-electron chi connectivity index (χ4n) is 4.51. The van der Waals surface area contributed by atoms with Crippen LogP contribution in [0.2, 0.25) is 10.0 Å². The first-order chi connectivity index (χ1) is 21.3. The van der Waals surface area contributed by atoms with Gasteiger partial charge in [-0.2, -0.15) is 4.73 Å². The summed E-state index contributed by atoms with van der Waals surface area (Å²) < 4.78 is 44.4. The lowest BCUT2D eigenvalue weighted by Crippen LogP contribution is -2.30. The highest BCUT2D eigenvalue weighted by Crippen LogP contribution is 2.35. The Morgan fingerprint density at radius 3 is 2.49 bits per heavy atom. The smallest absolute Gasteiger partial charge is 0.262 e. The number of hydrogen-bond donors (Lipinski definition) is 6. The first-order valence-corrected chi connectivity index (χ1v) is 15.8. The van der Waals surface area contributed by atoms with Crippen molar-refractivity contribution in [1.29, 1.82) is 5.41 Å². The van der Waals surface area contributed by atoms with Crippen molar-refractivity contribution in [3.63, 3.8) is 0 Å². The first kappa shape index (κ1) is 31.8. The standard InChI is InChI=1S/C30H28Cl2FN7O4S/c31-22-3-1-2-4-25(22)39-45(43,44)21-10-18(9-19(34)12-21)29-23(32)13-27(38-20-7-8-20)40(42)26(29)14-28(41)37-15-17-6-5-16(30(35)36)11-24(17)33/h1-6,9-13,20,39,42H,7-8,14-15,34H2,(H3,35,36)(H,37,41). The van der Waals surface area contributed by atoms with Gasteiger partial charge in [0.1, 0.15) is 11.7 Å². The summed E-state index contributed by atoms with van der Waals surface area (Å²) in [6, 6.07) is 15.7. The zero-order valence-corrected chi connectivity index (χ0v) is 25.8. The van der Waals surface area contributed by atoms with Crippen molar-refractivity contribution < 1.29 is 22.8 Å². The van der Waals surface area contributed by atoms with Crippen LogP contribution in [0.1, 0.15) is 29.7 Å². The van der Waals surface area contributed by atoms with E-state index < -0.39 is 28.2 Å². The van der Waals surface area contributed by atoms with Gasteiger partial charge in [-0.25, -0.2) is 12.8 Å². The van der Waals surface area contributed by atoms with Gasteiger partial charge in [0.05, 0.1) is 38.8 Å². The van der Waals surface area contributed by atoms with E-state index in [4.69, 9.17) is 40.1 Å². The Morgan fingerprint density at radius 1 is 1.09 bits per heavy atom. The van der Waals surface area contributed by atoms with Crippen molar-refractivity contribution in [3.8, 4) is 11.1 Å². The fraction of sp³-hybridized carbons (Fsp3) is 0.167. The monoisotopic (exact) mass is 671 g/mol. The molecule has 0 bridgehead atoms. The Morgan fingerprint density at radius 2 is 1.82 bits per heavy atom. The van der Waals surface area contributed by atoms with Gasteiger partial charge in [-0.3, -0.25) is 19.9 Å². The van der Waals surface area contributed by atoms with E-state index in [0.717, 1.165) is 23.6 Å². The highest BCUT2D eigenvalue weighted by Gasteiger charge is 2.25. The number of aromatic nitrogens is 1. The summed E-state index contributed by atoms with van der Waals surface area (Å²) in [7, 11) is -4.20. The molecule has 1 aliphatic rings. The topological polar surface area (TPSA) is 189 Å². The van der Waals surface area contributed by atoms with Gasteiger partial charge >= 0.3 is 0 Å². The Bertz CT molecular complexity index is 2010. The van der Waals surface area contributed by atoms with Crippen LogP contribution in [0.3, 0.4) is 0 Å². The van der Waals surface area contributed by atoms with Gasteiger partial charge in [-0.15, -0.1) is 0 Å². The Balaban J connectivity index is 1.52. The number of para-hydroxylation sites is 1. The van der Waals surface area contributed by atoms with E-state index in [1.165, 1.54) is 48.5 Å². The molecule has 3 aromatic carbocycles. The average Bonchev–Trinajstić information content (AvgIpc) is 3.80. The van der Waals surface area contributed by atoms with Crippen LogP contribution in [-0.4, -0.2) is 36.1 Å². The van der Waals surface area contributed by atoms with Gasteiger partial charge in [0.15, 0.2) is 5.49 Å². The average molecular weight is 673 g/mol. The second-order valence-corrected chi connectivity index (χ2v) is 12.9. The molecule has 0 saturated heterocycles. The van der Waals surface area contributed by atoms with Gasteiger partial charge in [0, 0.05) is 35.0 Å². The molecule has 45 heavy (non-hydrogen) atoms. The summed E-state index contributed by atoms with van der Waals surface area (Å²) in [5, 5.41) is 21.6.